The Kier molecular flexibility index (Phi) is 6.68. The Bertz CT molecular complexity index is 417. The summed E-state index contributed by atoms with van der Waals surface area (Å²) in [4.78, 5) is 0. The maximum Gasteiger partial charge on any atom is 0.537 e. The lowest BCUT2D eigenvalue weighted by Gasteiger charge is -2.30. The van der Waals surface area contributed by atoms with Crippen molar-refractivity contribution in [3.63, 3.8) is 0 Å². The maximum absolute atomic E-state index is 5.96. The number of ether oxygens (including phenoxy) is 1. The first-order valence-corrected chi connectivity index (χ1v) is 8.85. The van der Waals surface area contributed by atoms with Crippen LogP contribution < -0.4 is 9.92 Å². The normalized spacial score (nSPS) is 11.7. The van der Waals surface area contributed by atoms with E-state index in [1.165, 1.54) is 0 Å². The van der Waals surface area contributed by atoms with Crippen LogP contribution in [0.25, 0.3) is 0 Å². The maximum atomic E-state index is 5.96. The lowest BCUT2D eigenvalue weighted by Crippen LogP contribution is -2.58. The van der Waals surface area contributed by atoms with Crippen molar-refractivity contribution in [2.45, 2.75) is 34.6 Å². The lowest BCUT2D eigenvalue weighted by atomic mass is 10.1. The van der Waals surface area contributed by atoms with Gasteiger partial charge >= 0.3 is 8.80 Å². The summed E-state index contributed by atoms with van der Waals surface area (Å²) in [5, 5.41) is 1.03. The smallest absolute Gasteiger partial charge is 0.496 e. The molecule has 0 saturated carbocycles. The quantitative estimate of drug-likeness (QED) is 0.691. The fourth-order valence-electron chi connectivity index (χ4n) is 2.28. The molecule has 0 aliphatic carbocycles. The van der Waals surface area contributed by atoms with Gasteiger partial charge in [0, 0.05) is 25.0 Å². The Morgan fingerprint density at radius 3 is 1.75 bits per heavy atom. The molecule has 20 heavy (non-hydrogen) atoms. The van der Waals surface area contributed by atoms with Crippen LogP contribution in [-0.2, 0) is 13.3 Å². The molecule has 0 heterocycles. The van der Waals surface area contributed by atoms with Crippen LogP contribution in [0.3, 0.4) is 0 Å². The summed E-state index contributed by atoms with van der Waals surface area (Å²) in [5.74, 6) is 0.874. The number of benzene rings is 1. The van der Waals surface area contributed by atoms with Crippen molar-refractivity contribution in [1.82, 2.24) is 0 Å². The van der Waals surface area contributed by atoms with Crippen LogP contribution in [0.4, 0.5) is 0 Å². The Labute approximate surface area is 123 Å². The Hall–Kier alpha value is -0.883. The topological polar surface area (TPSA) is 36.9 Å². The van der Waals surface area contributed by atoms with E-state index in [-0.39, 0.29) is 0 Å². The van der Waals surface area contributed by atoms with Crippen LogP contribution in [0.5, 0.6) is 5.75 Å². The molecule has 0 fully saturated rings. The molecule has 0 unspecified atom stereocenters. The molecule has 0 aromatic heterocycles. The molecule has 4 nitrogen and oxygen atoms in total. The highest BCUT2D eigenvalue weighted by atomic mass is 28.4. The minimum absolute atomic E-state index is 0.566. The van der Waals surface area contributed by atoms with Gasteiger partial charge in [-0.3, -0.25) is 0 Å². The average Bonchev–Trinajstić information content (AvgIpc) is 2.42. The first kappa shape index (κ1) is 17.2. The van der Waals surface area contributed by atoms with Crippen molar-refractivity contribution in [3.05, 3.63) is 23.3 Å². The molecule has 1 aromatic rings. The van der Waals surface area contributed by atoms with Crippen LogP contribution in [0.1, 0.15) is 31.9 Å². The summed E-state index contributed by atoms with van der Waals surface area (Å²) in [6.45, 7) is 11.7. The highest BCUT2D eigenvalue weighted by Crippen LogP contribution is 2.22. The van der Waals surface area contributed by atoms with Crippen molar-refractivity contribution in [2.75, 3.05) is 26.9 Å². The third-order valence-electron chi connectivity index (χ3n) is 3.29. The molecule has 0 amide bonds. The number of hydrogen-bond donors (Lipinski definition) is 0. The molecule has 0 aliphatic rings. The highest BCUT2D eigenvalue weighted by molar-refractivity contribution is 6.75. The first-order valence-electron chi connectivity index (χ1n) is 7.12. The van der Waals surface area contributed by atoms with Crippen LogP contribution in [0.2, 0.25) is 0 Å². The Balaban J connectivity index is 3.35. The molecule has 1 aromatic carbocycles. The molecule has 0 N–H and O–H groups in total. The van der Waals surface area contributed by atoms with E-state index in [9.17, 15) is 0 Å². The fourth-order valence-corrected chi connectivity index (χ4v) is 5.07. The van der Waals surface area contributed by atoms with Crippen LogP contribution in [0.15, 0.2) is 12.1 Å². The van der Waals surface area contributed by atoms with Gasteiger partial charge in [-0.05, 0) is 51.8 Å². The molecule has 0 bridgehead atoms. The Morgan fingerprint density at radius 2 is 1.35 bits per heavy atom. The van der Waals surface area contributed by atoms with Crippen molar-refractivity contribution in [1.29, 1.82) is 0 Å². The van der Waals surface area contributed by atoms with E-state index in [4.69, 9.17) is 18.0 Å². The highest BCUT2D eigenvalue weighted by Gasteiger charge is 2.44. The molecule has 0 spiro atoms. The predicted octanol–water partition coefficient (Wildman–Crippen LogP) is 2.57. The van der Waals surface area contributed by atoms with Gasteiger partial charge in [0.25, 0.3) is 0 Å². The van der Waals surface area contributed by atoms with Crippen LogP contribution in [0, 0.1) is 13.8 Å². The fraction of sp³-hybridized carbons (Fsp3) is 0.600. The summed E-state index contributed by atoms with van der Waals surface area (Å²) < 4.78 is 23.2. The van der Waals surface area contributed by atoms with Crippen molar-refractivity contribution >= 4 is 14.0 Å². The van der Waals surface area contributed by atoms with Crippen LogP contribution in [-0.4, -0.2) is 35.7 Å². The second kappa shape index (κ2) is 7.78. The van der Waals surface area contributed by atoms with E-state index >= 15 is 0 Å². The van der Waals surface area contributed by atoms with Crippen molar-refractivity contribution in [3.8, 4) is 5.75 Å². The first-order chi connectivity index (χ1) is 9.56. The second-order valence-corrected chi connectivity index (χ2v) is 6.94. The van der Waals surface area contributed by atoms with E-state index < -0.39 is 8.80 Å². The summed E-state index contributed by atoms with van der Waals surface area (Å²) in [7, 11) is -1.16. The molecule has 1 rings (SSSR count). The molecule has 0 saturated heterocycles. The summed E-state index contributed by atoms with van der Waals surface area (Å²) >= 11 is 0. The summed E-state index contributed by atoms with van der Waals surface area (Å²) in [5.41, 5.74) is 2.22. The second-order valence-electron chi connectivity index (χ2n) is 4.42. The number of rotatable bonds is 8. The third kappa shape index (κ3) is 3.41. The van der Waals surface area contributed by atoms with E-state index in [0.717, 1.165) is 22.1 Å². The van der Waals surface area contributed by atoms with Gasteiger partial charge in [0.1, 0.15) is 5.75 Å². The van der Waals surface area contributed by atoms with Crippen molar-refractivity contribution < 1.29 is 18.0 Å². The zero-order valence-electron chi connectivity index (χ0n) is 13.4. The van der Waals surface area contributed by atoms with Gasteiger partial charge in [0.15, 0.2) is 0 Å². The van der Waals surface area contributed by atoms with Gasteiger partial charge in [0.2, 0.25) is 0 Å². The van der Waals surface area contributed by atoms with Gasteiger partial charge in [0.05, 0.1) is 7.11 Å². The Morgan fingerprint density at radius 1 is 0.850 bits per heavy atom. The van der Waals surface area contributed by atoms with E-state index in [1.54, 1.807) is 7.11 Å². The van der Waals surface area contributed by atoms with Gasteiger partial charge < -0.3 is 18.0 Å². The van der Waals surface area contributed by atoms with E-state index in [1.807, 2.05) is 39.8 Å². The largest absolute Gasteiger partial charge is 0.537 e. The summed E-state index contributed by atoms with van der Waals surface area (Å²) in [6, 6.07) is 3.96. The molecule has 0 aliphatic heterocycles. The third-order valence-corrected chi connectivity index (χ3v) is 6.50. The molecule has 0 radical (unpaired) electrons. The van der Waals surface area contributed by atoms with Gasteiger partial charge in [-0.1, -0.05) is 6.07 Å². The molecular formula is C15H26O4Si. The SMILES string of the molecule is CCO[Si](OCC)(OCC)c1ccc(OC)c(C)c1C. The standard InChI is InChI=1S/C15H26O4Si/c1-7-17-20(18-8-2,19-9-3)15-11-10-14(16-6)12(4)13(15)5/h10-11H,7-9H2,1-6H3. The molecule has 114 valence electrons. The van der Waals surface area contributed by atoms with E-state index in [0.29, 0.717) is 19.8 Å². The zero-order valence-corrected chi connectivity index (χ0v) is 14.4. The molecule has 5 heteroatoms. The predicted molar refractivity (Wildman–Crippen MR) is 82.7 cm³/mol. The van der Waals surface area contributed by atoms with Gasteiger partial charge in [-0.15, -0.1) is 0 Å². The zero-order chi connectivity index (χ0) is 15.2. The molecular weight excluding hydrogens is 272 g/mol. The van der Waals surface area contributed by atoms with Crippen LogP contribution >= 0.6 is 0 Å². The number of methoxy groups -OCH3 is 1. The van der Waals surface area contributed by atoms with Crippen molar-refractivity contribution in [2.24, 2.45) is 0 Å². The minimum atomic E-state index is -2.84. The molecule has 0 atom stereocenters. The monoisotopic (exact) mass is 298 g/mol. The minimum Gasteiger partial charge on any atom is -0.496 e. The lowest BCUT2D eigenvalue weighted by molar-refractivity contribution is 0.0857. The average molecular weight is 298 g/mol. The number of hydrogen-bond acceptors (Lipinski definition) is 4. The van der Waals surface area contributed by atoms with E-state index in [2.05, 4.69) is 6.92 Å². The van der Waals surface area contributed by atoms with Gasteiger partial charge in [-0.2, -0.15) is 0 Å². The van der Waals surface area contributed by atoms with Gasteiger partial charge in [-0.25, -0.2) is 0 Å². The summed E-state index contributed by atoms with van der Waals surface area (Å²) in [6.07, 6.45) is 0.